The Balaban J connectivity index is 2.28. The molecule has 0 spiro atoms. The van der Waals surface area contributed by atoms with Crippen LogP contribution in [0.1, 0.15) is 18.2 Å². The number of benzene rings is 1. The molecule has 0 aliphatic heterocycles. The van der Waals surface area contributed by atoms with Gasteiger partial charge in [-0.05, 0) is 25.5 Å². The van der Waals surface area contributed by atoms with Gasteiger partial charge in [-0.15, -0.1) is 0 Å². The van der Waals surface area contributed by atoms with E-state index in [9.17, 15) is 0 Å². The Morgan fingerprint density at radius 2 is 1.90 bits per heavy atom. The van der Waals surface area contributed by atoms with Crippen LogP contribution in [0.4, 0.5) is 5.82 Å². The summed E-state index contributed by atoms with van der Waals surface area (Å²) in [4.78, 5) is 13.5. The van der Waals surface area contributed by atoms with Gasteiger partial charge in [0.1, 0.15) is 5.82 Å². The third-order valence-electron chi connectivity index (χ3n) is 3.49. The minimum absolute atomic E-state index is 0.541. The van der Waals surface area contributed by atoms with Crippen molar-refractivity contribution in [2.24, 2.45) is 0 Å². The van der Waals surface area contributed by atoms with E-state index in [4.69, 9.17) is 5.73 Å². The smallest absolute Gasteiger partial charge is 0.163 e. The third-order valence-corrected chi connectivity index (χ3v) is 3.49. The van der Waals surface area contributed by atoms with Gasteiger partial charge in [-0.2, -0.15) is 0 Å². The Morgan fingerprint density at radius 1 is 1.10 bits per heavy atom. The quantitative estimate of drug-likeness (QED) is 0.772. The van der Waals surface area contributed by atoms with Crippen molar-refractivity contribution in [1.29, 1.82) is 0 Å². The van der Waals surface area contributed by atoms with Crippen LogP contribution in [-0.2, 0) is 6.42 Å². The molecule has 0 fully saturated rings. The second-order valence-corrected chi connectivity index (χ2v) is 4.74. The Hall–Kier alpha value is -2.49. The molecule has 100 valence electrons. The molecule has 2 aromatic heterocycles. The maximum atomic E-state index is 6.01. The molecular weight excluding hydrogens is 248 g/mol. The fraction of sp³-hybridized carbons (Fsp3) is 0.188. The number of pyridine rings is 1. The lowest BCUT2D eigenvalue weighted by Gasteiger charge is -2.10. The largest absolute Gasteiger partial charge is 0.383 e. The predicted molar refractivity (Wildman–Crippen MR) is 81.3 cm³/mol. The first-order valence-electron chi connectivity index (χ1n) is 6.67. The molecule has 3 aromatic rings. The molecule has 4 heteroatoms. The zero-order valence-corrected chi connectivity index (χ0v) is 11.6. The van der Waals surface area contributed by atoms with Crippen molar-refractivity contribution in [2.45, 2.75) is 20.3 Å². The molecule has 0 aliphatic carbocycles. The van der Waals surface area contributed by atoms with Crippen LogP contribution in [0.3, 0.4) is 0 Å². The third kappa shape index (κ3) is 1.99. The standard InChI is InChI=1S/C16H16N4/c1-3-13-10(2)15(17)20-16(19-13)12-8-4-6-11-7-5-9-18-14(11)12/h4-9H,3H2,1-2H3,(H2,17,19,20). The summed E-state index contributed by atoms with van der Waals surface area (Å²) in [6, 6.07) is 9.96. The monoisotopic (exact) mass is 264 g/mol. The SMILES string of the molecule is CCc1nc(-c2cccc3cccnc23)nc(N)c1C. The summed E-state index contributed by atoms with van der Waals surface area (Å²) in [5.41, 5.74) is 9.78. The van der Waals surface area contributed by atoms with Crippen LogP contribution in [0, 0.1) is 6.92 Å². The molecule has 0 aliphatic rings. The van der Waals surface area contributed by atoms with Crippen molar-refractivity contribution >= 4 is 16.7 Å². The number of para-hydroxylation sites is 1. The molecule has 0 saturated heterocycles. The van der Waals surface area contributed by atoms with Crippen LogP contribution >= 0.6 is 0 Å². The average molecular weight is 264 g/mol. The lowest BCUT2D eigenvalue weighted by atomic mass is 10.1. The van der Waals surface area contributed by atoms with E-state index in [0.29, 0.717) is 11.6 Å². The summed E-state index contributed by atoms with van der Waals surface area (Å²) < 4.78 is 0. The lowest BCUT2D eigenvalue weighted by molar-refractivity contribution is 0.982. The number of nitrogens with zero attached hydrogens (tertiary/aromatic N) is 3. The molecule has 0 bridgehead atoms. The number of anilines is 1. The number of aromatic nitrogens is 3. The molecular formula is C16H16N4. The number of aryl methyl sites for hydroxylation is 1. The first kappa shape index (κ1) is 12.5. The van der Waals surface area contributed by atoms with Gasteiger partial charge in [0.25, 0.3) is 0 Å². The first-order valence-corrected chi connectivity index (χ1v) is 6.67. The summed E-state index contributed by atoms with van der Waals surface area (Å²) >= 11 is 0. The molecule has 4 nitrogen and oxygen atoms in total. The highest BCUT2D eigenvalue weighted by molar-refractivity contribution is 5.91. The summed E-state index contributed by atoms with van der Waals surface area (Å²) in [5.74, 6) is 1.19. The predicted octanol–water partition coefficient (Wildman–Crippen LogP) is 3.14. The van der Waals surface area contributed by atoms with Crippen LogP contribution in [0.5, 0.6) is 0 Å². The van der Waals surface area contributed by atoms with Crippen molar-refractivity contribution < 1.29 is 0 Å². The van der Waals surface area contributed by atoms with Crippen molar-refractivity contribution in [2.75, 3.05) is 5.73 Å². The van der Waals surface area contributed by atoms with Crippen LogP contribution in [0.15, 0.2) is 36.5 Å². The molecule has 2 heterocycles. The van der Waals surface area contributed by atoms with Crippen LogP contribution < -0.4 is 5.73 Å². The number of hydrogen-bond donors (Lipinski definition) is 1. The Labute approximate surface area is 117 Å². The van der Waals surface area contributed by atoms with Crippen LogP contribution in [0.2, 0.25) is 0 Å². The zero-order chi connectivity index (χ0) is 14.1. The van der Waals surface area contributed by atoms with E-state index in [1.165, 1.54) is 0 Å². The number of nitrogens with two attached hydrogens (primary N) is 1. The minimum Gasteiger partial charge on any atom is -0.383 e. The van der Waals surface area contributed by atoms with E-state index in [1.807, 2.05) is 37.3 Å². The van der Waals surface area contributed by atoms with Crippen LogP contribution in [0.25, 0.3) is 22.3 Å². The van der Waals surface area contributed by atoms with Crippen molar-refractivity contribution in [3.8, 4) is 11.4 Å². The maximum Gasteiger partial charge on any atom is 0.163 e. The van der Waals surface area contributed by atoms with E-state index in [-0.39, 0.29) is 0 Å². The van der Waals surface area contributed by atoms with E-state index < -0.39 is 0 Å². The summed E-state index contributed by atoms with van der Waals surface area (Å²) in [7, 11) is 0. The molecule has 20 heavy (non-hydrogen) atoms. The normalized spacial score (nSPS) is 10.9. The molecule has 3 rings (SSSR count). The van der Waals surface area contributed by atoms with Crippen LogP contribution in [-0.4, -0.2) is 15.0 Å². The van der Waals surface area contributed by atoms with E-state index in [0.717, 1.165) is 34.1 Å². The van der Waals surface area contributed by atoms with Gasteiger partial charge in [0.2, 0.25) is 0 Å². The minimum atomic E-state index is 0.541. The van der Waals surface area contributed by atoms with Gasteiger partial charge in [-0.3, -0.25) is 4.98 Å². The highest BCUT2D eigenvalue weighted by Crippen LogP contribution is 2.26. The summed E-state index contributed by atoms with van der Waals surface area (Å²) in [6.45, 7) is 4.03. The molecule has 0 atom stereocenters. The number of nitrogen functional groups attached to an aromatic ring is 1. The van der Waals surface area contributed by atoms with Crippen molar-refractivity contribution in [1.82, 2.24) is 15.0 Å². The van der Waals surface area contributed by atoms with Gasteiger partial charge in [0.05, 0.1) is 5.52 Å². The zero-order valence-electron chi connectivity index (χ0n) is 11.6. The van der Waals surface area contributed by atoms with Crippen molar-refractivity contribution in [3.05, 3.63) is 47.8 Å². The van der Waals surface area contributed by atoms with Gasteiger partial charge in [0, 0.05) is 28.4 Å². The highest BCUT2D eigenvalue weighted by Gasteiger charge is 2.12. The van der Waals surface area contributed by atoms with Gasteiger partial charge < -0.3 is 5.73 Å². The molecule has 0 radical (unpaired) electrons. The maximum absolute atomic E-state index is 6.01. The lowest BCUT2D eigenvalue weighted by Crippen LogP contribution is -2.04. The Kier molecular flexibility index (Phi) is 3.06. The fourth-order valence-electron chi connectivity index (χ4n) is 2.33. The van der Waals surface area contributed by atoms with E-state index in [1.54, 1.807) is 6.20 Å². The summed E-state index contributed by atoms with van der Waals surface area (Å²) in [5, 5.41) is 1.07. The number of hydrogen-bond acceptors (Lipinski definition) is 4. The topological polar surface area (TPSA) is 64.7 Å². The van der Waals surface area contributed by atoms with Gasteiger partial charge in [0.15, 0.2) is 5.82 Å². The molecule has 2 N–H and O–H groups in total. The Bertz CT molecular complexity index is 775. The fourth-order valence-corrected chi connectivity index (χ4v) is 2.33. The number of fused-ring (bicyclic) bond motifs is 1. The molecule has 0 amide bonds. The second-order valence-electron chi connectivity index (χ2n) is 4.74. The average Bonchev–Trinajstić information content (AvgIpc) is 2.49. The molecule has 0 unspecified atom stereocenters. The van der Waals surface area contributed by atoms with Gasteiger partial charge in [-0.25, -0.2) is 9.97 Å². The van der Waals surface area contributed by atoms with E-state index >= 15 is 0 Å². The first-order chi connectivity index (χ1) is 9.70. The molecule has 1 aromatic carbocycles. The Morgan fingerprint density at radius 3 is 2.70 bits per heavy atom. The molecule has 0 saturated carbocycles. The van der Waals surface area contributed by atoms with Crippen molar-refractivity contribution in [3.63, 3.8) is 0 Å². The second kappa shape index (κ2) is 4.89. The van der Waals surface area contributed by atoms with Gasteiger partial charge >= 0.3 is 0 Å². The summed E-state index contributed by atoms with van der Waals surface area (Å²) in [6.07, 6.45) is 2.62. The number of rotatable bonds is 2. The van der Waals surface area contributed by atoms with E-state index in [2.05, 4.69) is 21.9 Å². The highest BCUT2D eigenvalue weighted by atomic mass is 15.0. The van der Waals surface area contributed by atoms with Gasteiger partial charge in [-0.1, -0.05) is 25.1 Å².